The fraction of sp³-hybridized carbons (Fsp3) is 0.211. The molecule has 0 bridgehead atoms. The van der Waals surface area contributed by atoms with E-state index in [9.17, 15) is 4.79 Å². The van der Waals surface area contributed by atoms with E-state index in [0.29, 0.717) is 19.6 Å². The predicted octanol–water partition coefficient (Wildman–Crippen LogP) is 6.45. The highest BCUT2D eigenvalue weighted by Gasteiger charge is 2.74. The van der Waals surface area contributed by atoms with Gasteiger partial charge in [-0.3, -0.25) is 14.5 Å². The summed E-state index contributed by atoms with van der Waals surface area (Å²) >= 11 is 0. The van der Waals surface area contributed by atoms with Gasteiger partial charge in [0.2, 0.25) is 0 Å². The maximum Gasteiger partial charge on any atom is 0.250 e. The highest BCUT2D eigenvalue weighted by Crippen LogP contribution is 2.64. The van der Waals surface area contributed by atoms with Crippen LogP contribution in [0, 0.1) is 5.41 Å². The molecule has 5 heteroatoms. The van der Waals surface area contributed by atoms with E-state index in [-0.39, 0.29) is 17.6 Å². The van der Waals surface area contributed by atoms with E-state index >= 15 is 4.79 Å². The second-order valence-electron chi connectivity index (χ2n) is 12.4. The van der Waals surface area contributed by atoms with Crippen LogP contribution < -0.4 is 5.32 Å². The van der Waals surface area contributed by atoms with Crippen molar-refractivity contribution in [1.29, 1.82) is 0 Å². The van der Waals surface area contributed by atoms with Gasteiger partial charge in [-0.1, -0.05) is 103 Å². The van der Waals surface area contributed by atoms with Crippen LogP contribution in [0.15, 0.2) is 115 Å². The van der Waals surface area contributed by atoms with Crippen LogP contribution in [-0.4, -0.2) is 55.2 Å². The Morgan fingerprint density at radius 1 is 0.767 bits per heavy atom. The summed E-state index contributed by atoms with van der Waals surface area (Å²) in [5.74, 6) is -0.272. The first-order valence-electron chi connectivity index (χ1n) is 15.0. The number of likely N-dealkylation sites (N-methyl/N-ethyl adjacent to an activating group) is 2. The van der Waals surface area contributed by atoms with Gasteiger partial charge < -0.3 is 10.2 Å². The van der Waals surface area contributed by atoms with Crippen LogP contribution in [0.4, 0.5) is 5.69 Å². The summed E-state index contributed by atoms with van der Waals surface area (Å²) in [5.41, 5.74) is 2.33. The van der Waals surface area contributed by atoms with Crippen molar-refractivity contribution in [2.45, 2.75) is 11.5 Å². The predicted molar refractivity (Wildman–Crippen MR) is 173 cm³/mol. The van der Waals surface area contributed by atoms with E-state index in [1.807, 2.05) is 49.5 Å². The van der Waals surface area contributed by atoms with Crippen LogP contribution in [0.2, 0.25) is 0 Å². The summed E-state index contributed by atoms with van der Waals surface area (Å²) in [4.78, 5) is 34.4. The van der Waals surface area contributed by atoms with Crippen LogP contribution >= 0.6 is 0 Å². The lowest BCUT2D eigenvalue weighted by atomic mass is 9.56. The van der Waals surface area contributed by atoms with Gasteiger partial charge in [0, 0.05) is 42.4 Å². The van der Waals surface area contributed by atoms with Gasteiger partial charge in [0.15, 0.2) is 5.78 Å². The molecule has 3 aliphatic heterocycles. The molecule has 5 aromatic carbocycles. The minimum atomic E-state index is -1.16. The number of rotatable bonds is 2. The maximum atomic E-state index is 15.5. The third-order valence-electron chi connectivity index (χ3n) is 10.2. The zero-order valence-corrected chi connectivity index (χ0v) is 24.4. The number of carbonyl (C=O) groups excluding carboxylic acids is 2. The Labute approximate surface area is 251 Å². The Bertz CT molecular complexity index is 1990. The second-order valence-corrected chi connectivity index (χ2v) is 12.4. The van der Waals surface area contributed by atoms with Crippen molar-refractivity contribution < 1.29 is 9.59 Å². The lowest BCUT2D eigenvalue weighted by molar-refractivity contribution is -0.146. The Morgan fingerprint density at radius 2 is 1.42 bits per heavy atom. The van der Waals surface area contributed by atoms with E-state index < -0.39 is 11.0 Å². The number of Topliss-reactive ketones (excluding diaryl/α,β-unsaturated/α-hetero) is 1. The Kier molecular flexibility index (Phi) is 5.74. The van der Waals surface area contributed by atoms with E-state index in [2.05, 4.69) is 95.0 Å². The number of likely N-dealkylation sites (tertiary alicyclic amines) is 2. The van der Waals surface area contributed by atoms with Gasteiger partial charge in [0.25, 0.3) is 5.91 Å². The van der Waals surface area contributed by atoms with Gasteiger partial charge in [-0.2, -0.15) is 0 Å². The molecule has 1 N–H and O–H groups in total. The number of nitrogens with zero attached hydrogens (tertiary/aromatic N) is 2. The fourth-order valence-corrected chi connectivity index (χ4v) is 8.57. The Morgan fingerprint density at radius 3 is 2.23 bits per heavy atom. The van der Waals surface area contributed by atoms with Crippen LogP contribution in [-0.2, 0) is 15.1 Å². The smallest absolute Gasteiger partial charge is 0.250 e. The number of hydrogen-bond donors (Lipinski definition) is 1. The number of ketones is 1. The molecular weight excluding hydrogens is 530 g/mol. The van der Waals surface area contributed by atoms with Crippen molar-refractivity contribution in [1.82, 2.24) is 9.80 Å². The number of carbonyl (C=O) groups is 2. The molecule has 212 valence electrons. The van der Waals surface area contributed by atoms with Crippen molar-refractivity contribution in [2.75, 3.05) is 39.0 Å². The number of para-hydroxylation sites is 1. The summed E-state index contributed by atoms with van der Waals surface area (Å²) in [6.45, 7) is 1.57. The molecule has 0 aromatic heterocycles. The first-order valence-corrected chi connectivity index (χ1v) is 15.0. The monoisotopic (exact) mass is 563 g/mol. The summed E-state index contributed by atoms with van der Waals surface area (Å²) in [5, 5.41) is 7.71. The minimum absolute atomic E-state index is 0.0627. The van der Waals surface area contributed by atoms with Gasteiger partial charge in [-0.05, 0) is 58.9 Å². The third-order valence-corrected chi connectivity index (χ3v) is 10.2. The summed E-state index contributed by atoms with van der Waals surface area (Å²) in [6, 6.07) is 37.2. The van der Waals surface area contributed by atoms with E-state index in [0.717, 1.165) is 49.5 Å². The van der Waals surface area contributed by atoms with E-state index in [1.54, 1.807) is 0 Å². The zero-order chi connectivity index (χ0) is 29.3. The summed E-state index contributed by atoms with van der Waals surface area (Å²) in [7, 11) is 4.10. The van der Waals surface area contributed by atoms with Crippen LogP contribution in [0.1, 0.15) is 22.6 Å². The molecular formula is C38H33N3O2. The number of benzene rings is 5. The number of hydrogen-bond acceptors (Lipinski definition) is 4. The molecule has 3 heterocycles. The van der Waals surface area contributed by atoms with Gasteiger partial charge in [0.1, 0.15) is 5.54 Å². The molecule has 3 atom stereocenters. The molecule has 0 aliphatic carbocycles. The molecule has 0 radical (unpaired) electrons. The normalized spacial score (nSPS) is 26.7. The molecule has 1 amide bonds. The number of nitrogens with one attached hydrogen (secondary N) is 1. The minimum Gasteiger partial charge on any atom is -0.324 e. The van der Waals surface area contributed by atoms with Gasteiger partial charge >= 0.3 is 0 Å². The first kappa shape index (κ1) is 26.1. The average molecular weight is 564 g/mol. The van der Waals surface area contributed by atoms with Gasteiger partial charge in [0.05, 0.1) is 5.41 Å². The SMILES string of the molecule is CN1C/C(=C\c2cccc3ccccc23)C(=O)[C@]2(C1)[C@@H](c1cccc3ccccc13)CN(C)[C@@]21C(=O)Nc2ccccc21. The molecule has 0 saturated carbocycles. The highest BCUT2D eigenvalue weighted by atomic mass is 16.2. The largest absolute Gasteiger partial charge is 0.324 e. The zero-order valence-electron chi connectivity index (χ0n) is 24.4. The molecule has 3 aliphatic rings. The van der Waals surface area contributed by atoms with E-state index in [1.165, 1.54) is 0 Å². The standard InChI is InChI=1S/C38H33N3O2/c1-40-22-28(21-27-15-9-13-25-11-3-5-16-29(25)27)35(42)37(24-40)33(31-18-10-14-26-12-4-6-17-30(26)31)23-41(2)38(37)32-19-7-8-20-34(32)39-36(38)43/h3-21,33H,22-24H2,1-2H3,(H,39,43)/b28-21+/t33-,37+,38+/m1/s1. The Balaban J connectivity index is 1.42. The molecule has 43 heavy (non-hydrogen) atoms. The summed E-state index contributed by atoms with van der Waals surface area (Å²) in [6.07, 6.45) is 2.08. The molecule has 0 unspecified atom stereocenters. The average Bonchev–Trinajstić information content (AvgIpc) is 3.47. The number of piperidine rings is 1. The Hall–Kier alpha value is -4.58. The first-order chi connectivity index (χ1) is 20.9. The van der Waals surface area contributed by atoms with Gasteiger partial charge in [-0.25, -0.2) is 0 Å². The summed E-state index contributed by atoms with van der Waals surface area (Å²) < 4.78 is 0. The molecule has 5 aromatic rings. The molecule has 5 nitrogen and oxygen atoms in total. The van der Waals surface area contributed by atoms with Crippen LogP contribution in [0.25, 0.3) is 27.6 Å². The second kappa shape index (κ2) is 9.46. The highest BCUT2D eigenvalue weighted by molar-refractivity contribution is 6.16. The van der Waals surface area contributed by atoms with Crippen LogP contribution in [0.3, 0.4) is 0 Å². The lowest BCUT2D eigenvalue weighted by Gasteiger charge is -2.50. The maximum absolute atomic E-state index is 15.5. The topological polar surface area (TPSA) is 52.7 Å². The third kappa shape index (κ3) is 3.46. The van der Waals surface area contributed by atoms with Crippen molar-refractivity contribution in [3.63, 3.8) is 0 Å². The number of anilines is 1. The van der Waals surface area contributed by atoms with Crippen molar-refractivity contribution in [2.24, 2.45) is 5.41 Å². The molecule has 2 fully saturated rings. The van der Waals surface area contributed by atoms with Crippen molar-refractivity contribution >= 4 is 45.0 Å². The van der Waals surface area contributed by atoms with Gasteiger partial charge in [-0.15, -0.1) is 0 Å². The lowest BCUT2D eigenvalue weighted by Crippen LogP contribution is -2.65. The number of amides is 1. The van der Waals surface area contributed by atoms with Crippen LogP contribution in [0.5, 0.6) is 0 Å². The molecule has 2 spiro atoms. The molecule has 2 saturated heterocycles. The fourth-order valence-electron chi connectivity index (χ4n) is 8.57. The van der Waals surface area contributed by atoms with E-state index in [4.69, 9.17) is 0 Å². The molecule has 8 rings (SSSR count). The van der Waals surface area contributed by atoms with Crippen molar-refractivity contribution in [3.05, 3.63) is 131 Å². The number of fused-ring (bicyclic) bond motifs is 5. The quantitative estimate of drug-likeness (QED) is 0.251. The van der Waals surface area contributed by atoms with Crippen molar-refractivity contribution in [3.8, 4) is 0 Å².